The van der Waals surface area contributed by atoms with Crippen LogP contribution in [0, 0.1) is 0 Å². The fourth-order valence-electron chi connectivity index (χ4n) is 2.41. The molecular weight excluding hydrogens is 398 g/mol. The van der Waals surface area contributed by atoms with Gasteiger partial charge in [0.25, 0.3) is 15.9 Å². The van der Waals surface area contributed by atoms with Crippen molar-refractivity contribution >= 4 is 44.6 Å². The fourth-order valence-corrected chi connectivity index (χ4v) is 5.44. The third-order valence-corrected chi connectivity index (χ3v) is 6.99. The van der Waals surface area contributed by atoms with Gasteiger partial charge in [0.1, 0.15) is 16.5 Å². The number of nitrogens with one attached hydrogen (secondary N) is 1. The van der Waals surface area contributed by atoms with Crippen molar-refractivity contribution in [1.29, 1.82) is 0 Å². The lowest BCUT2D eigenvalue weighted by Crippen LogP contribution is -2.41. The number of anilines is 1. The summed E-state index contributed by atoms with van der Waals surface area (Å²) in [6, 6.07) is 4.47. The molecule has 0 fully saturated rings. The molecule has 0 atom stereocenters. The van der Waals surface area contributed by atoms with Gasteiger partial charge in [0.15, 0.2) is 0 Å². The van der Waals surface area contributed by atoms with Gasteiger partial charge in [-0.15, -0.1) is 11.3 Å². The average molecular weight is 416 g/mol. The van der Waals surface area contributed by atoms with Gasteiger partial charge in [0.2, 0.25) is 5.88 Å². The second-order valence-corrected chi connectivity index (χ2v) is 10.5. The van der Waals surface area contributed by atoms with E-state index >= 15 is 0 Å². The average Bonchev–Trinajstić information content (AvgIpc) is 2.99. The van der Waals surface area contributed by atoms with E-state index in [2.05, 4.69) is 10.3 Å². The van der Waals surface area contributed by atoms with Crippen LogP contribution in [0.5, 0.6) is 5.88 Å². The van der Waals surface area contributed by atoms with E-state index in [0.717, 1.165) is 11.3 Å². The van der Waals surface area contributed by atoms with Crippen molar-refractivity contribution in [2.24, 2.45) is 0 Å². The van der Waals surface area contributed by atoms with Crippen molar-refractivity contribution in [2.45, 2.75) is 30.5 Å². The van der Waals surface area contributed by atoms with Crippen molar-refractivity contribution in [3.05, 3.63) is 34.3 Å². The molecule has 0 saturated heterocycles. The number of ether oxygens (including phenoxy) is 1. The minimum absolute atomic E-state index is 0.122. The summed E-state index contributed by atoms with van der Waals surface area (Å²) in [5.41, 5.74) is 0.0686. The van der Waals surface area contributed by atoms with Crippen molar-refractivity contribution in [3.63, 3.8) is 0 Å². The summed E-state index contributed by atoms with van der Waals surface area (Å²) in [6.45, 7) is 5.87. The molecule has 0 bridgehead atoms. The summed E-state index contributed by atoms with van der Waals surface area (Å²) in [7, 11) is -3.82. The Kier molecular flexibility index (Phi) is 4.89. The summed E-state index contributed by atoms with van der Waals surface area (Å²) < 4.78 is 33.1. The quantitative estimate of drug-likeness (QED) is 0.832. The standard InChI is InChI=1S/C16H18ClN3O4S2/c1-16(2,3)19-14(21)10-8-11-15(18-9-10)24-7-6-20(11)26(22,23)13-5-4-12(17)25-13/h4-5,8-9H,6-7H2,1-3H3,(H,19,21). The van der Waals surface area contributed by atoms with E-state index in [0.29, 0.717) is 4.34 Å². The van der Waals surface area contributed by atoms with Crippen LogP contribution in [0.15, 0.2) is 28.6 Å². The van der Waals surface area contributed by atoms with Gasteiger partial charge in [-0.05, 0) is 39.0 Å². The smallest absolute Gasteiger partial charge is 0.274 e. The molecule has 0 saturated carbocycles. The fraction of sp³-hybridized carbons (Fsp3) is 0.375. The molecule has 3 rings (SSSR count). The molecule has 2 aromatic rings. The molecule has 1 N–H and O–H groups in total. The second kappa shape index (κ2) is 6.71. The topological polar surface area (TPSA) is 88.6 Å². The minimum Gasteiger partial charge on any atom is -0.474 e. The van der Waals surface area contributed by atoms with E-state index in [-0.39, 0.29) is 40.4 Å². The number of rotatable bonds is 3. The van der Waals surface area contributed by atoms with Crippen molar-refractivity contribution in [2.75, 3.05) is 17.5 Å². The maximum Gasteiger partial charge on any atom is 0.274 e. The number of hydrogen-bond acceptors (Lipinski definition) is 6. The lowest BCUT2D eigenvalue weighted by atomic mass is 10.1. The number of thiophene rings is 1. The van der Waals surface area contributed by atoms with E-state index in [1.807, 2.05) is 20.8 Å². The molecule has 0 unspecified atom stereocenters. The number of hydrogen-bond donors (Lipinski definition) is 1. The zero-order chi connectivity index (χ0) is 19.1. The third kappa shape index (κ3) is 3.79. The normalized spacial score (nSPS) is 14.5. The molecular formula is C16H18ClN3O4S2. The molecule has 2 aromatic heterocycles. The molecule has 1 aliphatic heterocycles. The zero-order valence-corrected chi connectivity index (χ0v) is 16.8. The Balaban J connectivity index is 2.01. The Morgan fingerprint density at radius 1 is 1.38 bits per heavy atom. The first-order valence-corrected chi connectivity index (χ1v) is 10.4. The Labute approximate surface area is 161 Å². The lowest BCUT2D eigenvalue weighted by molar-refractivity contribution is 0.0919. The molecule has 140 valence electrons. The molecule has 0 aliphatic carbocycles. The highest BCUT2D eigenvalue weighted by molar-refractivity contribution is 7.94. The van der Waals surface area contributed by atoms with Crippen LogP contribution in [0.25, 0.3) is 0 Å². The maximum absolute atomic E-state index is 13.0. The molecule has 10 heteroatoms. The van der Waals surface area contributed by atoms with Crippen molar-refractivity contribution in [1.82, 2.24) is 10.3 Å². The van der Waals surface area contributed by atoms with Crippen LogP contribution in [0.3, 0.4) is 0 Å². The van der Waals surface area contributed by atoms with Crippen LogP contribution in [0.2, 0.25) is 4.34 Å². The largest absolute Gasteiger partial charge is 0.474 e. The van der Waals surface area contributed by atoms with Crippen LogP contribution >= 0.6 is 22.9 Å². The summed E-state index contributed by atoms with van der Waals surface area (Å²) in [6.07, 6.45) is 1.37. The summed E-state index contributed by atoms with van der Waals surface area (Å²) in [5.74, 6) is -0.162. The third-order valence-electron chi connectivity index (χ3n) is 3.48. The number of halogens is 1. The Hall–Kier alpha value is -1.84. The van der Waals surface area contributed by atoms with Crippen molar-refractivity contribution < 1.29 is 17.9 Å². The molecule has 1 aliphatic rings. The highest BCUT2D eigenvalue weighted by atomic mass is 35.5. The van der Waals surface area contributed by atoms with Crippen molar-refractivity contribution in [3.8, 4) is 5.88 Å². The zero-order valence-electron chi connectivity index (χ0n) is 14.4. The highest BCUT2D eigenvalue weighted by Crippen LogP contribution is 2.36. The Bertz CT molecular complexity index is 951. The number of carbonyl (C=O) groups excluding carboxylic acids is 1. The van der Waals surface area contributed by atoms with Crippen LogP contribution in [-0.4, -0.2) is 38.0 Å². The number of aromatic nitrogens is 1. The summed E-state index contributed by atoms with van der Waals surface area (Å²) >= 11 is 6.86. The SMILES string of the molecule is CC(C)(C)NC(=O)c1cnc2c(c1)N(S(=O)(=O)c1ccc(Cl)s1)CCO2. The maximum atomic E-state index is 13.0. The van der Waals surface area contributed by atoms with Gasteiger partial charge in [-0.1, -0.05) is 11.6 Å². The van der Waals surface area contributed by atoms with Gasteiger partial charge in [-0.25, -0.2) is 13.4 Å². The van der Waals surface area contributed by atoms with E-state index in [9.17, 15) is 13.2 Å². The Morgan fingerprint density at radius 3 is 2.73 bits per heavy atom. The van der Waals surface area contributed by atoms with Gasteiger partial charge in [-0.3, -0.25) is 9.10 Å². The molecule has 0 aromatic carbocycles. The summed E-state index contributed by atoms with van der Waals surface area (Å²) in [4.78, 5) is 16.5. The van der Waals surface area contributed by atoms with Crippen LogP contribution < -0.4 is 14.4 Å². The molecule has 3 heterocycles. The molecule has 0 spiro atoms. The number of amides is 1. The van der Waals surface area contributed by atoms with Gasteiger partial charge in [0, 0.05) is 11.7 Å². The van der Waals surface area contributed by atoms with Gasteiger partial charge >= 0.3 is 0 Å². The second-order valence-electron chi connectivity index (χ2n) is 6.74. The van der Waals surface area contributed by atoms with E-state index in [4.69, 9.17) is 16.3 Å². The van der Waals surface area contributed by atoms with Gasteiger partial charge in [0.05, 0.1) is 16.4 Å². The predicted octanol–water partition coefficient (Wildman–Crippen LogP) is 2.91. The summed E-state index contributed by atoms with van der Waals surface area (Å²) in [5, 5.41) is 2.83. The van der Waals surface area contributed by atoms with Gasteiger partial charge in [-0.2, -0.15) is 0 Å². The molecule has 26 heavy (non-hydrogen) atoms. The monoisotopic (exact) mass is 415 g/mol. The highest BCUT2D eigenvalue weighted by Gasteiger charge is 2.33. The Morgan fingerprint density at radius 2 is 2.12 bits per heavy atom. The molecule has 1 amide bonds. The number of fused-ring (bicyclic) bond motifs is 1. The first kappa shape index (κ1) is 18.9. The predicted molar refractivity (Wildman–Crippen MR) is 101 cm³/mol. The number of nitrogens with zero attached hydrogens (tertiary/aromatic N) is 2. The van der Waals surface area contributed by atoms with Crippen LogP contribution in [0.1, 0.15) is 31.1 Å². The molecule has 7 nitrogen and oxygen atoms in total. The molecule has 0 radical (unpaired) electrons. The minimum atomic E-state index is -3.82. The first-order chi connectivity index (χ1) is 12.1. The van der Waals surface area contributed by atoms with E-state index < -0.39 is 15.6 Å². The van der Waals surface area contributed by atoms with E-state index in [1.165, 1.54) is 28.7 Å². The number of pyridine rings is 1. The van der Waals surface area contributed by atoms with Crippen LogP contribution in [0.4, 0.5) is 5.69 Å². The first-order valence-electron chi connectivity index (χ1n) is 7.81. The van der Waals surface area contributed by atoms with E-state index in [1.54, 1.807) is 0 Å². The number of carbonyl (C=O) groups is 1. The van der Waals surface area contributed by atoms with Gasteiger partial charge < -0.3 is 10.1 Å². The number of sulfonamides is 1. The lowest BCUT2D eigenvalue weighted by Gasteiger charge is -2.29. The van der Waals surface area contributed by atoms with Crippen LogP contribution in [-0.2, 0) is 10.0 Å².